The minimum Gasteiger partial charge on any atom is -0.486 e. The van der Waals surface area contributed by atoms with Gasteiger partial charge in [0.2, 0.25) is 5.65 Å². The highest BCUT2D eigenvalue weighted by Crippen LogP contribution is 2.35. The maximum atomic E-state index is 11.8. The fourth-order valence-corrected chi connectivity index (χ4v) is 4.28. The van der Waals surface area contributed by atoms with E-state index < -0.39 is 0 Å². The number of rotatable bonds is 7. The van der Waals surface area contributed by atoms with Crippen LogP contribution in [0.5, 0.6) is 11.5 Å². The SMILES string of the molecule is Cc1nnc2c(NCCCCNC(=O)OC3CCCC3)nc3cc4c(cc3n12)OCCO4. The zero-order chi connectivity index (χ0) is 21.9. The van der Waals surface area contributed by atoms with E-state index in [1.165, 1.54) is 0 Å². The van der Waals surface area contributed by atoms with Crippen LogP contribution in [0.15, 0.2) is 12.1 Å². The van der Waals surface area contributed by atoms with Crippen LogP contribution in [0, 0.1) is 6.92 Å². The molecule has 5 rings (SSSR count). The zero-order valence-electron chi connectivity index (χ0n) is 18.2. The number of hydrogen-bond acceptors (Lipinski definition) is 8. The number of aromatic nitrogens is 4. The molecule has 1 aromatic carbocycles. The molecule has 0 saturated heterocycles. The highest BCUT2D eigenvalue weighted by molar-refractivity contribution is 5.86. The van der Waals surface area contributed by atoms with Gasteiger partial charge in [-0.2, -0.15) is 0 Å². The lowest BCUT2D eigenvalue weighted by Crippen LogP contribution is -2.28. The Bertz CT molecular complexity index is 1120. The molecule has 0 atom stereocenters. The Hall–Kier alpha value is -3.30. The second-order valence-electron chi connectivity index (χ2n) is 8.22. The first-order chi connectivity index (χ1) is 15.7. The van der Waals surface area contributed by atoms with Crippen LogP contribution in [0.25, 0.3) is 16.7 Å². The van der Waals surface area contributed by atoms with E-state index in [0.29, 0.717) is 49.3 Å². The number of nitrogens with one attached hydrogen (secondary N) is 2. The Morgan fingerprint density at radius 3 is 2.69 bits per heavy atom. The van der Waals surface area contributed by atoms with Crippen LogP contribution < -0.4 is 20.1 Å². The molecule has 2 aliphatic rings. The van der Waals surface area contributed by atoms with Crippen molar-refractivity contribution in [2.75, 3.05) is 31.6 Å². The summed E-state index contributed by atoms with van der Waals surface area (Å²) >= 11 is 0. The first-order valence-corrected chi connectivity index (χ1v) is 11.3. The molecule has 1 amide bonds. The fourth-order valence-electron chi connectivity index (χ4n) is 4.28. The van der Waals surface area contributed by atoms with Crippen LogP contribution in [-0.4, -0.2) is 58.1 Å². The summed E-state index contributed by atoms with van der Waals surface area (Å²) in [7, 11) is 0. The lowest BCUT2D eigenvalue weighted by atomic mass is 10.2. The maximum absolute atomic E-state index is 11.8. The number of fused-ring (bicyclic) bond motifs is 4. The van der Waals surface area contributed by atoms with Gasteiger partial charge in [0.1, 0.15) is 25.1 Å². The average Bonchev–Trinajstić information content (AvgIpc) is 3.45. The Balaban J connectivity index is 1.21. The molecule has 10 heteroatoms. The summed E-state index contributed by atoms with van der Waals surface area (Å²) < 4.78 is 18.8. The van der Waals surface area contributed by atoms with Crippen LogP contribution in [-0.2, 0) is 4.74 Å². The number of unbranched alkanes of at least 4 members (excludes halogenated alkanes) is 1. The summed E-state index contributed by atoms with van der Waals surface area (Å²) in [4.78, 5) is 16.6. The predicted octanol–water partition coefficient (Wildman–Crippen LogP) is 3.22. The van der Waals surface area contributed by atoms with Gasteiger partial charge in [-0.1, -0.05) is 0 Å². The molecule has 2 N–H and O–H groups in total. The maximum Gasteiger partial charge on any atom is 0.407 e. The molecule has 1 aliphatic heterocycles. The summed E-state index contributed by atoms with van der Waals surface area (Å²) in [6.45, 7) is 4.25. The van der Waals surface area contributed by atoms with E-state index in [9.17, 15) is 4.79 Å². The van der Waals surface area contributed by atoms with Crippen LogP contribution in [0.3, 0.4) is 0 Å². The smallest absolute Gasteiger partial charge is 0.407 e. The number of carbonyl (C=O) groups is 1. The van der Waals surface area contributed by atoms with Crippen molar-refractivity contribution < 1.29 is 19.0 Å². The van der Waals surface area contributed by atoms with Crippen LogP contribution in [0.1, 0.15) is 44.3 Å². The number of nitrogens with zero attached hydrogens (tertiary/aromatic N) is 4. The van der Waals surface area contributed by atoms with E-state index in [4.69, 9.17) is 19.2 Å². The topological polar surface area (TPSA) is 112 Å². The van der Waals surface area contributed by atoms with E-state index in [1.807, 2.05) is 23.5 Å². The molecular weight excluding hydrogens is 412 g/mol. The summed E-state index contributed by atoms with van der Waals surface area (Å²) in [5.41, 5.74) is 2.33. The van der Waals surface area contributed by atoms with Gasteiger partial charge in [0.05, 0.1) is 11.0 Å². The highest BCUT2D eigenvalue weighted by Gasteiger charge is 2.20. The lowest BCUT2D eigenvalue weighted by molar-refractivity contribution is 0.101. The number of hydrogen-bond donors (Lipinski definition) is 2. The van der Waals surface area contributed by atoms with Gasteiger partial charge in [0, 0.05) is 25.2 Å². The molecule has 3 heterocycles. The molecule has 1 fully saturated rings. The van der Waals surface area contributed by atoms with E-state index in [2.05, 4.69) is 20.8 Å². The third kappa shape index (κ3) is 4.21. The van der Waals surface area contributed by atoms with Gasteiger partial charge in [0.15, 0.2) is 17.3 Å². The Morgan fingerprint density at radius 1 is 1.12 bits per heavy atom. The molecule has 1 aliphatic carbocycles. The van der Waals surface area contributed by atoms with Crippen molar-refractivity contribution in [1.29, 1.82) is 0 Å². The Kier molecular flexibility index (Phi) is 5.83. The quantitative estimate of drug-likeness (QED) is 0.539. The zero-order valence-corrected chi connectivity index (χ0v) is 18.2. The van der Waals surface area contributed by atoms with Crippen molar-refractivity contribution in [3.63, 3.8) is 0 Å². The van der Waals surface area contributed by atoms with Gasteiger partial charge < -0.3 is 24.8 Å². The van der Waals surface area contributed by atoms with E-state index in [0.717, 1.165) is 55.4 Å². The van der Waals surface area contributed by atoms with Gasteiger partial charge in [0.25, 0.3) is 0 Å². The molecule has 0 radical (unpaired) electrons. The molecule has 0 spiro atoms. The van der Waals surface area contributed by atoms with Crippen LogP contribution >= 0.6 is 0 Å². The third-order valence-corrected chi connectivity index (χ3v) is 5.89. The molecule has 32 heavy (non-hydrogen) atoms. The van der Waals surface area contributed by atoms with Crippen molar-refractivity contribution >= 4 is 28.6 Å². The minimum atomic E-state index is -0.309. The second-order valence-corrected chi connectivity index (χ2v) is 8.22. The van der Waals surface area contributed by atoms with Gasteiger partial charge in [-0.15, -0.1) is 10.2 Å². The Morgan fingerprint density at radius 2 is 1.88 bits per heavy atom. The number of alkyl carbamates (subject to hydrolysis) is 1. The molecule has 0 unspecified atom stereocenters. The summed E-state index contributed by atoms with van der Waals surface area (Å²) in [5, 5.41) is 14.8. The molecule has 170 valence electrons. The van der Waals surface area contributed by atoms with Gasteiger partial charge in [-0.25, -0.2) is 9.78 Å². The van der Waals surface area contributed by atoms with Crippen molar-refractivity contribution in [2.24, 2.45) is 0 Å². The first kappa shape index (κ1) is 20.6. The van der Waals surface area contributed by atoms with E-state index in [1.54, 1.807) is 0 Å². The predicted molar refractivity (Wildman–Crippen MR) is 118 cm³/mol. The number of anilines is 1. The van der Waals surface area contributed by atoms with E-state index in [-0.39, 0.29) is 12.2 Å². The number of carbonyl (C=O) groups excluding carboxylic acids is 1. The van der Waals surface area contributed by atoms with Crippen molar-refractivity contribution in [2.45, 2.75) is 51.6 Å². The summed E-state index contributed by atoms with van der Waals surface area (Å²) in [6, 6.07) is 3.83. The number of aryl methyl sites for hydroxylation is 1. The van der Waals surface area contributed by atoms with Gasteiger partial charge in [-0.05, 0) is 45.4 Å². The minimum absolute atomic E-state index is 0.0900. The van der Waals surface area contributed by atoms with E-state index >= 15 is 0 Å². The third-order valence-electron chi connectivity index (χ3n) is 5.89. The molecule has 0 bridgehead atoms. The first-order valence-electron chi connectivity index (χ1n) is 11.3. The number of benzene rings is 1. The molecule has 3 aromatic rings. The standard InChI is InChI=1S/C22H28N6O4/c1-14-26-27-21-20(23-8-4-5-9-24-22(29)32-15-6-2-3-7-15)25-16-12-18-19(31-11-10-30-18)13-17(16)28(14)21/h12-13,15H,2-11H2,1H3,(H,23,25)(H,24,29). The summed E-state index contributed by atoms with van der Waals surface area (Å²) in [6.07, 6.45) is 5.74. The van der Waals surface area contributed by atoms with Crippen LogP contribution in [0.2, 0.25) is 0 Å². The van der Waals surface area contributed by atoms with Crippen LogP contribution in [0.4, 0.5) is 10.6 Å². The number of amides is 1. The van der Waals surface area contributed by atoms with Gasteiger partial charge >= 0.3 is 6.09 Å². The largest absolute Gasteiger partial charge is 0.486 e. The van der Waals surface area contributed by atoms with Crippen molar-refractivity contribution in [3.8, 4) is 11.5 Å². The van der Waals surface area contributed by atoms with Gasteiger partial charge in [-0.3, -0.25) is 4.40 Å². The van der Waals surface area contributed by atoms with Crippen molar-refractivity contribution in [3.05, 3.63) is 18.0 Å². The molecule has 2 aromatic heterocycles. The lowest BCUT2D eigenvalue weighted by Gasteiger charge is -2.19. The number of ether oxygens (including phenoxy) is 3. The highest BCUT2D eigenvalue weighted by atomic mass is 16.6. The fraction of sp³-hybridized carbons (Fsp3) is 0.545. The summed E-state index contributed by atoms with van der Waals surface area (Å²) in [5.74, 6) is 2.85. The molecule has 1 saturated carbocycles. The normalized spacial score (nSPS) is 15.9. The van der Waals surface area contributed by atoms with Crippen molar-refractivity contribution in [1.82, 2.24) is 24.9 Å². The Labute approximate surface area is 185 Å². The average molecular weight is 441 g/mol. The molecular formula is C22H28N6O4. The second kappa shape index (κ2) is 9.05. The molecule has 10 nitrogen and oxygen atoms in total. The monoisotopic (exact) mass is 440 g/mol.